The van der Waals surface area contributed by atoms with Crippen LogP contribution < -0.4 is 0 Å². The molecule has 0 aliphatic carbocycles. The molecule has 1 aliphatic heterocycles. The SMILES string of the molecule is COC(=O)c1ccccc1-n1c(C)cc(/C=C2\SC(=O)N(Cc3ccc(F)cc3Cl)C2=O)c1C. The Morgan fingerprint density at radius 2 is 1.88 bits per heavy atom. The molecule has 1 fully saturated rings. The van der Waals surface area contributed by atoms with E-state index in [1.807, 2.05) is 36.6 Å². The lowest BCUT2D eigenvalue weighted by Crippen LogP contribution is -2.27. The Morgan fingerprint density at radius 3 is 2.59 bits per heavy atom. The van der Waals surface area contributed by atoms with Gasteiger partial charge in [0.05, 0.1) is 29.8 Å². The van der Waals surface area contributed by atoms with Gasteiger partial charge in [-0.1, -0.05) is 29.8 Å². The number of esters is 1. The van der Waals surface area contributed by atoms with Crippen LogP contribution in [0.15, 0.2) is 53.4 Å². The highest BCUT2D eigenvalue weighted by Crippen LogP contribution is 2.35. The molecule has 174 valence electrons. The molecular formula is C25H20ClFN2O4S. The standard InChI is InChI=1S/C25H20ClFN2O4S/c1-14-10-17(15(2)29(14)21-7-5-4-6-19(21)24(31)33-3)11-22-23(30)28(25(32)34-22)13-16-8-9-18(27)12-20(16)26/h4-12H,13H2,1-3H3/b22-11-. The molecule has 3 aromatic rings. The summed E-state index contributed by atoms with van der Waals surface area (Å²) in [7, 11) is 1.33. The van der Waals surface area contributed by atoms with Gasteiger partial charge >= 0.3 is 5.97 Å². The summed E-state index contributed by atoms with van der Waals surface area (Å²) in [5.74, 6) is -1.40. The van der Waals surface area contributed by atoms with E-state index < -0.39 is 22.9 Å². The Balaban J connectivity index is 1.67. The largest absolute Gasteiger partial charge is 0.465 e. The number of para-hydroxylation sites is 1. The molecule has 0 atom stereocenters. The highest BCUT2D eigenvalue weighted by molar-refractivity contribution is 8.18. The van der Waals surface area contributed by atoms with Gasteiger partial charge in [-0.15, -0.1) is 0 Å². The maximum atomic E-state index is 13.3. The zero-order valence-electron chi connectivity index (χ0n) is 18.6. The second-order valence-corrected chi connectivity index (χ2v) is 9.07. The lowest BCUT2D eigenvalue weighted by Gasteiger charge is -2.14. The fourth-order valence-corrected chi connectivity index (χ4v) is 4.91. The summed E-state index contributed by atoms with van der Waals surface area (Å²) >= 11 is 6.90. The summed E-state index contributed by atoms with van der Waals surface area (Å²) in [6.45, 7) is 3.71. The average molecular weight is 499 g/mol. The van der Waals surface area contributed by atoms with Crippen LogP contribution in [0.2, 0.25) is 5.02 Å². The molecule has 0 N–H and O–H groups in total. The molecule has 0 radical (unpaired) electrons. The van der Waals surface area contributed by atoms with E-state index in [1.54, 1.807) is 18.2 Å². The molecule has 0 saturated carbocycles. The summed E-state index contributed by atoms with van der Waals surface area (Å²) in [5, 5.41) is -0.280. The molecule has 2 heterocycles. The van der Waals surface area contributed by atoms with Gasteiger partial charge < -0.3 is 9.30 Å². The minimum Gasteiger partial charge on any atom is -0.465 e. The van der Waals surface area contributed by atoms with Crippen molar-refractivity contribution in [2.24, 2.45) is 0 Å². The first kappa shape index (κ1) is 23.8. The number of ether oxygens (including phenoxy) is 1. The highest BCUT2D eigenvalue weighted by atomic mass is 35.5. The predicted octanol–water partition coefficient (Wildman–Crippen LogP) is 5.91. The smallest absolute Gasteiger partial charge is 0.339 e. The molecule has 1 aromatic heterocycles. The number of imide groups is 1. The normalized spacial score (nSPS) is 14.9. The zero-order chi connectivity index (χ0) is 24.6. The highest BCUT2D eigenvalue weighted by Gasteiger charge is 2.35. The van der Waals surface area contributed by atoms with Gasteiger partial charge in [-0.3, -0.25) is 14.5 Å². The van der Waals surface area contributed by atoms with Crippen molar-refractivity contribution in [3.8, 4) is 5.69 Å². The molecule has 6 nitrogen and oxygen atoms in total. The molecular weight excluding hydrogens is 479 g/mol. The van der Waals surface area contributed by atoms with Crippen LogP contribution in [0, 0.1) is 19.7 Å². The van der Waals surface area contributed by atoms with E-state index in [0.717, 1.165) is 39.7 Å². The van der Waals surface area contributed by atoms with Crippen LogP contribution in [-0.4, -0.2) is 33.7 Å². The first-order valence-corrected chi connectivity index (χ1v) is 11.5. The first-order chi connectivity index (χ1) is 16.2. The van der Waals surface area contributed by atoms with Gasteiger partial charge in [0.25, 0.3) is 11.1 Å². The van der Waals surface area contributed by atoms with Crippen molar-refractivity contribution in [3.05, 3.63) is 92.4 Å². The second-order valence-electron chi connectivity index (χ2n) is 7.67. The molecule has 0 unspecified atom stereocenters. The van der Waals surface area contributed by atoms with Crippen molar-refractivity contribution in [1.82, 2.24) is 9.47 Å². The number of rotatable bonds is 5. The second kappa shape index (κ2) is 9.48. The minimum absolute atomic E-state index is 0.0490. The first-order valence-electron chi connectivity index (χ1n) is 10.3. The maximum absolute atomic E-state index is 13.3. The Kier molecular flexibility index (Phi) is 6.63. The summed E-state index contributed by atoms with van der Waals surface area (Å²) < 4.78 is 20.1. The molecule has 9 heteroatoms. The van der Waals surface area contributed by atoms with Crippen molar-refractivity contribution in [1.29, 1.82) is 0 Å². The number of hydrogen-bond donors (Lipinski definition) is 0. The van der Waals surface area contributed by atoms with Crippen molar-refractivity contribution in [3.63, 3.8) is 0 Å². The number of hydrogen-bond acceptors (Lipinski definition) is 5. The average Bonchev–Trinajstić information content (AvgIpc) is 3.23. The molecule has 2 aromatic carbocycles. The molecule has 34 heavy (non-hydrogen) atoms. The number of methoxy groups -OCH3 is 1. The van der Waals surface area contributed by atoms with Gasteiger partial charge in [-0.05, 0) is 73.1 Å². The van der Waals surface area contributed by atoms with Crippen molar-refractivity contribution < 1.29 is 23.5 Å². The van der Waals surface area contributed by atoms with Crippen LogP contribution in [-0.2, 0) is 16.1 Å². The molecule has 4 rings (SSSR count). The van der Waals surface area contributed by atoms with Gasteiger partial charge in [-0.25, -0.2) is 9.18 Å². The third kappa shape index (κ3) is 4.38. The lowest BCUT2D eigenvalue weighted by atomic mass is 10.1. The predicted molar refractivity (Wildman–Crippen MR) is 130 cm³/mol. The minimum atomic E-state index is -0.494. The van der Waals surface area contributed by atoms with Crippen LogP contribution in [0.4, 0.5) is 9.18 Å². The van der Waals surface area contributed by atoms with E-state index in [4.69, 9.17) is 16.3 Å². The summed E-state index contributed by atoms with van der Waals surface area (Å²) in [6.07, 6.45) is 1.66. The van der Waals surface area contributed by atoms with Crippen molar-refractivity contribution in [2.45, 2.75) is 20.4 Å². The van der Waals surface area contributed by atoms with Crippen LogP contribution in [0.1, 0.15) is 32.9 Å². The fraction of sp³-hybridized carbons (Fsp3) is 0.160. The number of nitrogens with zero attached hydrogens (tertiary/aromatic N) is 2. The quantitative estimate of drug-likeness (QED) is 0.323. The van der Waals surface area contributed by atoms with Gasteiger partial charge in [-0.2, -0.15) is 0 Å². The molecule has 1 saturated heterocycles. The summed E-state index contributed by atoms with van der Waals surface area (Å²) in [4.78, 5) is 39.1. The number of carbonyl (C=O) groups excluding carboxylic acids is 3. The third-order valence-electron chi connectivity index (χ3n) is 5.52. The van der Waals surface area contributed by atoms with E-state index in [9.17, 15) is 18.8 Å². The Morgan fingerprint density at radius 1 is 1.15 bits per heavy atom. The number of amides is 2. The Hall–Kier alpha value is -3.36. The third-order valence-corrected chi connectivity index (χ3v) is 6.78. The van der Waals surface area contributed by atoms with E-state index >= 15 is 0 Å². The molecule has 0 spiro atoms. The molecule has 1 aliphatic rings. The topological polar surface area (TPSA) is 68.6 Å². The van der Waals surface area contributed by atoms with Gasteiger partial charge in [0, 0.05) is 16.4 Å². The number of thioether (sulfide) groups is 1. The van der Waals surface area contributed by atoms with Gasteiger partial charge in [0.1, 0.15) is 5.82 Å². The number of carbonyl (C=O) groups is 3. The van der Waals surface area contributed by atoms with Gasteiger partial charge in [0.2, 0.25) is 0 Å². The van der Waals surface area contributed by atoms with E-state index in [2.05, 4.69) is 0 Å². The molecule has 0 bridgehead atoms. The fourth-order valence-electron chi connectivity index (χ4n) is 3.85. The van der Waals surface area contributed by atoms with Crippen LogP contribution in [0.25, 0.3) is 11.8 Å². The van der Waals surface area contributed by atoms with Crippen LogP contribution >= 0.6 is 23.4 Å². The Bertz CT molecular complexity index is 1360. The van der Waals surface area contributed by atoms with Crippen molar-refractivity contribution in [2.75, 3.05) is 7.11 Å². The monoisotopic (exact) mass is 498 g/mol. The zero-order valence-corrected chi connectivity index (χ0v) is 20.2. The van der Waals surface area contributed by atoms with E-state index in [0.29, 0.717) is 16.8 Å². The van der Waals surface area contributed by atoms with Crippen LogP contribution in [0.5, 0.6) is 0 Å². The Labute approximate surface area is 205 Å². The number of halogens is 2. The maximum Gasteiger partial charge on any atom is 0.339 e. The van der Waals surface area contributed by atoms with Crippen LogP contribution in [0.3, 0.4) is 0 Å². The molecule has 2 amide bonds. The van der Waals surface area contributed by atoms with Crippen molar-refractivity contribution >= 4 is 46.6 Å². The summed E-state index contributed by atoms with van der Waals surface area (Å²) in [5.41, 5.74) is 3.92. The van der Waals surface area contributed by atoms with E-state index in [-0.39, 0.29) is 16.5 Å². The van der Waals surface area contributed by atoms with Gasteiger partial charge in [0.15, 0.2) is 0 Å². The summed E-state index contributed by atoms with van der Waals surface area (Å²) in [6, 6.07) is 12.8. The number of aromatic nitrogens is 1. The van der Waals surface area contributed by atoms with E-state index in [1.165, 1.54) is 19.2 Å². The number of benzene rings is 2. The lowest BCUT2D eigenvalue weighted by molar-refractivity contribution is -0.123. The number of aryl methyl sites for hydroxylation is 1.